The lowest BCUT2D eigenvalue weighted by Gasteiger charge is -2.26. The summed E-state index contributed by atoms with van der Waals surface area (Å²) in [5.74, 6) is 1.60. The molecule has 1 aliphatic heterocycles. The summed E-state index contributed by atoms with van der Waals surface area (Å²) < 4.78 is 4.00. The second kappa shape index (κ2) is 7.17. The van der Waals surface area contributed by atoms with E-state index in [4.69, 9.17) is 4.98 Å². The quantitative estimate of drug-likeness (QED) is 0.662. The Kier molecular flexibility index (Phi) is 4.51. The molecule has 1 unspecified atom stereocenters. The highest BCUT2D eigenvalue weighted by Gasteiger charge is 2.32. The third kappa shape index (κ3) is 3.37. The monoisotopic (exact) mass is 377 g/mol. The van der Waals surface area contributed by atoms with Crippen molar-refractivity contribution in [3.63, 3.8) is 0 Å². The zero-order valence-electron chi connectivity index (χ0n) is 16.4. The van der Waals surface area contributed by atoms with Crippen LogP contribution >= 0.6 is 0 Å². The largest absolute Gasteiger partial charge is 0.295 e. The van der Waals surface area contributed by atoms with Crippen molar-refractivity contribution in [2.45, 2.75) is 51.7 Å². The number of benzene rings is 1. The highest BCUT2D eigenvalue weighted by Crippen LogP contribution is 2.34. The fourth-order valence-electron chi connectivity index (χ4n) is 4.38. The number of hydrogen-bond acceptors (Lipinski definition) is 4. The van der Waals surface area contributed by atoms with Crippen molar-refractivity contribution in [1.29, 1.82) is 0 Å². The van der Waals surface area contributed by atoms with E-state index < -0.39 is 0 Å². The molecular formula is C22H27N5O. The van der Waals surface area contributed by atoms with E-state index in [1.54, 1.807) is 0 Å². The molecule has 1 atom stereocenters. The Hall–Kier alpha value is -2.47. The third-order valence-corrected chi connectivity index (χ3v) is 6.07. The smallest absolute Gasteiger partial charge is 0.261 e. The van der Waals surface area contributed by atoms with Crippen LogP contribution in [0, 0.1) is 12.8 Å². The fraction of sp³-hybridized carbons (Fsp3) is 0.500. The Balaban J connectivity index is 1.48. The molecule has 0 N–H and O–H groups in total. The molecule has 2 aromatic heterocycles. The van der Waals surface area contributed by atoms with E-state index in [9.17, 15) is 4.79 Å². The number of para-hydroxylation sites is 1. The van der Waals surface area contributed by atoms with Crippen LogP contribution in [0.15, 0.2) is 41.5 Å². The molecule has 3 heterocycles. The van der Waals surface area contributed by atoms with Gasteiger partial charge in [-0.25, -0.2) is 4.98 Å². The van der Waals surface area contributed by atoms with Gasteiger partial charge in [-0.3, -0.25) is 18.9 Å². The molecule has 6 nitrogen and oxygen atoms in total. The highest BCUT2D eigenvalue weighted by atomic mass is 16.1. The molecule has 2 aliphatic rings. The number of fused-ring (bicyclic) bond motifs is 1. The van der Waals surface area contributed by atoms with Gasteiger partial charge in [0.15, 0.2) is 0 Å². The predicted octanol–water partition coefficient (Wildman–Crippen LogP) is 3.15. The molecule has 0 bridgehead atoms. The molecule has 1 saturated heterocycles. The van der Waals surface area contributed by atoms with Crippen LogP contribution in [-0.4, -0.2) is 37.3 Å². The Morgan fingerprint density at radius 1 is 1.14 bits per heavy atom. The molecule has 1 saturated carbocycles. The molecule has 3 aromatic rings. The first-order chi connectivity index (χ1) is 13.7. The van der Waals surface area contributed by atoms with Crippen molar-refractivity contribution in [3.05, 3.63) is 58.4 Å². The third-order valence-electron chi connectivity index (χ3n) is 6.07. The number of aryl methyl sites for hydroxylation is 1. The SMILES string of the molecule is Cc1cnn(CCN2CCCC2c2nc3ccccc3c(=O)n2CC2CC2)c1. The maximum absolute atomic E-state index is 13.2. The van der Waals surface area contributed by atoms with Crippen molar-refractivity contribution < 1.29 is 0 Å². The molecule has 0 radical (unpaired) electrons. The summed E-state index contributed by atoms with van der Waals surface area (Å²) in [6.45, 7) is 5.73. The van der Waals surface area contributed by atoms with Crippen LogP contribution in [0.25, 0.3) is 10.9 Å². The van der Waals surface area contributed by atoms with Crippen molar-refractivity contribution in [2.24, 2.45) is 5.92 Å². The number of hydrogen-bond donors (Lipinski definition) is 0. The summed E-state index contributed by atoms with van der Waals surface area (Å²) in [6, 6.07) is 7.99. The summed E-state index contributed by atoms with van der Waals surface area (Å²) >= 11 is 0. The maximum atomic E-state index is 13.2. The summed E-state index contributed by atoms with van der Waals surface area (Å²) in [5, 5.41) is 5.15. The summed E-state index contributed by atoms with van der Waals surface area (Å²) in [5.41, 5.74) is 2.14. The predicted molar refractivity (Wildman–Crippen MR) is 109 cm³/mol. The Morgan fingerprint density at radius 2 is 2.00 bits per heavy atom. The van der Waals surface area contributed by atoms with Crippen molar-refractivity contribution in [2.75, 3.05) is 13.1 Å². The first kappa shape index (κ1) is 17.6. The molecule has 1 aromatic carbocycles. The standard InChI is InChI=1S/C22H27N5O/c1-16-13-23-26(14-16)12-11-25-10-4-7-20(25)21-24-19-6-3-2-5-18(19)22(28)27(21)15-17-8-9-17/h2-3,5-6,13-14,17,20H,4,7-12,15H2,1H3. The minimum atomic E-state index is 0.127. The van der Waals surface area contributed by atoms with E-state index in [-0.39, 0.29) is 11.6 Å². The minimum absolute atomic E-state index is 0.127. The first-order valence-corrected chi connectivity index (χ1v) is 10.4. The lowest BCUT2D eigenvalue weighted by Crippen LogP contribution is -2.34. The van der Waals surface area contributed by atoms with Gasteiger partial charge in [0.1, 0.15) is 5.82 Å². The van der Waals surface area contributed by atoms with E-state index in [1.165, 1.54) is 18.4 Å². The van der Waals surface area contributed by atoms with Crippen LogP contribution in [-0.2, 0) is 13.1 Å². The second-order valence-corrected chi connectivity index (χ2v) is 8.32. The molecule has 5 rings (SSSR count). The van der Waals surface area contributed by atoms with Gasteiger partial charge in [0.25, 0.3) is 5.56 Å². The molecule has 2 fully saturated rings. The highest BCUT2D eigenvalue weighted by molar-refractivity contribution is 5.77. The molecule has 6 heteroatoms. The van der Waals surface area contributed by atoms with E-state index >= 15 is 0 Å². The normalized spacial score (nSPS) is 20.2. The van der Waals surface area contributed by atoms with Gasteiger partial charge in [0.2, 0.25) is 0 Å². The Morgan fingerprint density at radius 3 is 2.79 bits per heavy atom. The van der Waals surface area contributed by atoms with Crippen LogP contribution in [0.3, 0.4) is 0 Å². The van der Waals surface area contributed by atoms with Crippen molar-refractivity contribution >= 4 is 10.9 Å². The van der Waals surface area contributed by atoms with Gasteiger partial charge in [-0.15, -0.1) is 0 Å². The fourth-order valence-corrected chi connectivity index (χ4v) is 4.38. The van der Waals surface area contributed by atoms with Crippen molar-refractivity contribution in [1.82, 2.24) is 24.2 Å². The second-order valence-electron chi connectivity index (χ2n) is 8.32. The summed E-state index contributed by atoms with van der Waals surface area (Å²) in [7, 11) is 0. The van der Waals surface area contributed by atoms with Crippen molar-refractivity contribution in [3.8, 4) is 0 Å². The zero-order chi connectivity index (χ0) is 19.1. The van der Waals surface area contributed by atoms with Crippen LogP contribution in [0.4, 0.5) is 0 Å². The van der Waals surface area contributed by atoms with E-state index in [2.05, 4.69) is 23.1 Å². The van der Waals surface area contributed by atoms with Gasteiger partial charge in [-0.05, 0) is 62.8 Å². The van der Waals surface area contributed by atoms with Crippen LogP contribution in [0.5, 0.6) is 0 Å². The van der Waals surface area contributed by atoms with E-state index in [0.717, 1.165) is 55.7 Å². The molecule has 146 valence electrons. The molecule has 1 aliphatic carbocycles. The lowest BCUT2D eigenvalue weighted by atomic mass is 10.1. The molecule has 28 heavy (non-hydrogen) atoms. The summed E-state index contributed by atoms with van der Waals surface area (Å²) in [4.78, 5) is 20.7. The number of nitrogens with zero attached hydrogens (tertiary/aromatic N) is 5. The van der Waals surface area contributed by atoms with Gasteiger partial charge in [-0.2, -0.15) is 5.10 Å². The molecule has 0 spiro atoms. The number of rotatable bonds is 6. The average Bonchev–Trinajstić information content (AvgIpc) is 3.23. The first-order valence-electron chi connectivity index (χ1n) is 10.4. The zero-order valence-corrected chi connectivity index (χ0v) is 16.4. The van der Waals surface area contributed by atoms with Gasteiger partial charge in [-0.1, -0.05) is 12.1 Å². The van der Waals surface area contributed by atoms with Gasteiger partial charge in [0, 0.05) is 19.3 Å². The van der Waals surface area contributed by atoms with Crippen LogP contribution < -0.4 is 5.56 Å². The van der Waals surface area contributed by atoms with E-state index in [0.29, 0.717) is 5.92 Å². The van der Waals surface area contributed by atoms with E-state index in [1.807, 2.05) is 39.7 Å². The number of aromatic nitrogens is 4. The number of likely N-dealkylation sites (tertiary alicyclic amines) is 1. The topological polar surface area (TPSA) is 56.0 Å². The molecular weight excluding hydrogens is 350 g/mol. The summed E-state index contributed by atoms with van der Waals surface area (Å²) in [6.07, 6.45) is 8.65. The van der Waals surface area contributed by atoms with Gasteiger partial charge < -0.3 is 0 Å². The maximum Gasteiger partial charge on any atom is 0.261 e. The Labute approximate surface area is 164 Å². The lowest BCUT2D eigenvalue weighted by molar-refractivity contribution is 0.228. The van der Waals surface area contributed by atoms with Crippen LogP contribution in [0.1, 0.15) is 43.1 Å². The van der Waals surface area contributed by atoms with Gasteiger partial charge in [0.05, 0.1) is 29.7 Å². The Bertz CT molecular complexity index is 1050. The molecule has 0 amide bonds. The van der Waals surface area contributed by atoms with Crippen LogP contribution in [0.2, 0.25) is 0 Å². The van der Waals surface area contributed by atoms with Gasteiger partial charge >= 0.3 is 0 Å². The minimum Gasteiger partial charge on any atom is -0.295 e. The average molecular weight is 377 g/mol.